The van der Waals surface area contributed by atoms with Gasteiger partial charge in [-0.25, -0.2) is 0 Å². The van der Waals surface area contributed by atoms with Crippen molar-refractivity contribution in [3.05, 3.63) is 0 Å². The van der Waals surface area contributed by atoms with Crippen LogP contribution >= 0.6 is 0 Å². The molecule has 114 valence electrons. The van der Waals surface area contributed by atoms with E-state index in [4.69, 9.17) is 10.5 Å². The number of carbonyl (C=O) groups is 2. The summed E-state index contributed by atoms with van der Waals surface area (Å²) in [7, 11) is 0. The number of rotatable bonds is 6. The van der Waals surface area contributed by atoms with Crippen LogP contribution in [0.25, 0.3) is 0 Å². The van der Waals surface area contributed by atoms with Crippen molar-refractivity contribution < 1.29 is 14.3 Å². The molecule has 2 N–H and O–H groups in total. The molecule has 0 unspecified atom stereocenters. The molecule has 20 heavy (non-hydrogen) atoms. The van der Waals surface area contributed by atoms with E-state index in [1.54, 1.807) is 4.90 Å². The lowest BCUT2D eigenvalue weighted by Gasteiger charge is -2.34. The fraction of sp³-hybridized carbons (Fsp3) is 0.867. The summed E-state index contributed by atoms with van der Waals surface area (Å²) >= 11 is 0. The highest BCUT2D eigenvalue weighted by Crippen LogP contribution is 2.47. The van der Waals surface area contributed by atoms with Crippen molar-refractivity contribution in [2.24, 2.45) is 17.1 Å². The van der Waals surface area contributed by atoms with Gasteiger partial charge in [-0.05, 0) is 25.2 Å². The number of amides is 2. The van der Waals surface area contributed by atoms with Gasteiger partial charge in [0.05, 0.1) is 12.7 Å². The summed E-state index contributed by atoms with van der Waals surface area (Å²) in [6.45, 7) is 6.16. The number of nitrogens with two attached hydrogens (primary N) is 1. The number of ether oxygens (including phenoxy) is 1. The van der Waals surface area contributed by atoms with Gasteiger partial charge in [-0.15, -0.1) is 0 Å². The largest absolute Gasteiger partial charge is 0.375 e. The van der Waals surface area contributed by atoms with Crippen molar-refractivity contribution in [3.63, 3.8) is 0 Å². The average molecular weight is 282 g/mol. The topological polar surface area (TPSA) is 72.6 Å². The summed E-state index contributed by atoms with van der Waals surface area (Å²) in [5, 5.41) is 0. The van der Waals surface area contributed by atoms with Crippen LogP contribution < -0.4 is 5.73 Å². The predicted molar refractivity (Wildman–Crippen MR) is 75.9 cm³/mol. The minimum atomic E-state index is -0.889. The van der Waals surface area contributed by atoms with Crippen LogP contribution in [0.3, 0.4) is 0 Å². The lowest BCUT2D eigenvalue weighted by atomic mass is 10.0. The first-order chi connectivity index (χ1) is 9.45. The van der Waals surface area contributed by atoms with Crippen molar-refractivity contribution in [1.82, 2.24) is 4.90 Å². The molecular weight excluding hydrogens is 256 g/mol. The quantitative estimate of drug-likeness (QED) is 0.746. The lowest BCUT2D eigenvalue weighted by Crippen LogP contribution is -2.50. The predicted octanol–water partition coefficient (Wildman–Crippen LogP) is 1.31. The van der Waals surface area contributed by atoms with E-state index in [1.165, 1.54) is 6.42 Å². The maximum Gasteiger partial charge on any atom is 0.238 e. The van der Waals surface area contributed by atoms with Crippen LogP contribution in [0.1, 0.15) is 46.0 Å². The number of carbonyl (C=O) groups excluding carboxylic acids is 2. The molecule has 1 aliphatic carbocycles. The van der Waals surface area contributed by atoms with Gasteiger partial charge in [0.15, 0.2) is 0 Å². The number of primary amides is 1. The molecule has 2 fully saturated rings. The minimum Gasteiger partial charge on any atom is -0.375 e. The van der Waals surface area contributed by atoms with Crippen LogP contribution in [0.15, 0.2) is 0 Å². The van der Waals surface area contributed by atoms with Crippen LogP contribution in [0.5, 0.6) is 0 Å². The summed E-state index contributed by atoms with van der Waals surface area (Å²) in [6, 6.07) is 0. The molecule has 1 aliphatic heterocycles. The van der Waals surface area contributed by atoms with Crippen LogP contribution in [0.2, 0.25) is 0 Å². The van der Waals surface area contributed by atoms with Crippen LogP contribution in [0, 0.1) is 11.3 Å². The molecule has 2 rings (SSSR count). The molecule has 0 spiro atoms. The highest BCUT2D eigenvalue weighted by Gasteiger charge is 2.57. The van der Waals surface area contributed by atoms with Gasteiger partial charge in [-0.3, -0.25) is 9.59 Å². The minimum absolute atomic E-state index is 0.0813. The number of morpholine rings is 1. The lowest BCUT2D eigenvalue weighted by molar-refractivity contribution is -0.149. The van der Waals surface area contributed by atoms with Crippen molar-refractivity contribution >= 4 is 11.8 Å². The number of hydrogen-bond donors (Lipinski definition) is 1. The van der Waals surface area contributed by atoms with Crippen molar-refractivity contribution in [1.29, 1.82) is 0 Å². The van der Waals surface area contributed by atoms with E-state index in [2.05, 4.69) is 13.8 Å². The maximum absolute atomic E-state index is 12.4. The standard InChI is InChI=1S/C15H26N2O3/c1-11(2)4-3-5-12-10-17(8-9-20-12)14(19)15(6-7-15)13(16)18/h11-12H,3-10H2,1-2H3,(H2,16,18)/t12-/m1/s1. The fourth-order valence-electron chi connectivity index (χ4n) is 2.83. The zero-order valence-electron chi connectivity index (χ0n) is 12.6. The van der Waals surface area contributed by atoms with E-state index in [0.29, 0.717) is 38.5 Å². The first-order valence-electron chi connectivity index (χ1n) is 7.66. The van der Waals surface area contributed by atoms with Gasteiger partial charge in [-0.1, -0.05) is 26.7 Å². The highest BCUT2D eigenvalue weighted by molar-refractivity contribution is 6.07. The molecule has 1 saturated heterocycles. The molecule has 1 heterocycles. The second kappa shape index (κ2) is 6.12. The van der Waals surface area contributed by atoms with Crippen molar-refractivity contribution in [3.8, 4) is 0 Å². The molecule has 0 radical (unpaired) electrons. The molecule has 0 aromatic carbocycles. The third-order valence-corrected chi connectivity index (χ3v) is 4.36. The van der Waals surface area contributed by atoms with Crippen molar-refractivity contribution in [2.75, 3.05) is 19.7 Å². The maximum atomic E-state index is 12.4. The first kappa shape index (κ1) is 15.3. The Morgan fingerprint density at radius 1 is 1.40 bits per heavy atom. The summed E-state index contributed by atoms with van der Waals surface area (Å²) < 4.78 is 5.72. The van der Waals surface area contributed by atoms with Crippen LogP contribution in [-0.2, 0) is 14.3 Å². The Morgan fingerprint density at radius 2 is 2.10 bits per heavy atom. The normalized spacial score (nSPS) is 24.8. The van der Waals surface area contributed by atoms with Gasteiger partial charge in [0.2, 0.25) is 11.8 Å². The first-order valence-corrected chi connectivity index (χ1v) is 7.66. The molecule has 1 atom stereocenters. The Bertz CT molecular complexity index is 377. The summed E-state index contributed by atoms with van der Waals surface area (Å²) in [4.78, 5) is 25.6. The number of hydrogen-bond acceptors (Lipinski definition) is 3. The van der Waals surface area contributed by atoms with Gasteiger partial charge < -0.3 is 15.4 Å². The Morgan fingerprint density at radius 3 is 2.65 bits per heavy atom. The van der Waals surface area contributed by atoms with Gasteiger partial charge in [-0.2, -0.15) is 0 Å². The number of nitrogens with zero attached hydrogens (tertiary/aromatic N) is 1. The monoisotopic (exact) mass is 282 g/mol. The average Bonchev–Trinajstić information content (AvgIpc) is 3.19. The van der Waals surface area contributed by atoms with Crippen LogP contribution in [0.4, 0.5) is 0 Å². The van der Waals surface area contributed by atoms with E-state index in [-0.39, 0.29) is 12.0 Å². The van der Waals surface area contributed by atoms with Gasteiger partial charge in [0, 0.05) is 13.1 Å². The van der Waals surface area contributed by atoms with E-state index in [9.17, 15) is 9.59 Å². The third-order valence-electron chi connectivity index (χ3n) is 4.36. The van der Waals surface area contributed by atoms with Crippen LogP contribution in [-0.4, -0.2) is 42.5 Å². The molecule has 2 amide bonds. The molecule has 5 heteroatoms. The second-order valence-corrected chi connectivity index (χ2v) is 6.52. The van der Waals surface area contributed by atoms with E-state index >= 15 is 0 Å². The smallest absolute Gasteiger partial charge is 0.238 e. The molecule has 0 bridgehead atoms. The summed E-state index contributed by atoms with van der Waals surface area (Å²) in [6.07, 6.45) is 4.60. The van der Waals surface area contributed by atoms with Gasteiger partial charge in [0.25, 0.3) is 0 Å². The molecule has 2 aliphatic rings. The third kappa shape index (κ3) is 3.32. The SMILES string of the molecule is CC(C)CCC[C@@H]1CN(C(=O)C2(C(N)=O)CC2)CCO1. The molecule has 1 saturated carbocycles. The molecular formula is C15H26N2O3. The van der Waals surface area contributed by atoms with E-state index in [1.807, 2.05) is 0 Å². The molecule has 0 aromatic heterocycles. The van der Waals surface area contributed by atoms with Crippen molar-refractivity contribution in [2.45, 2.75) is 52.1 Å². The van der Waals surface area contributed by atoms with Gasteiger partial charge >= 0.3 is 0 Å². The molecule has 5 nitrogen and oxygen atoms in total. The second-order valence-electron chi connectivity index (χ2n) is 6.52. The Labute approximate surface area is 120 Å². The van der Waals surface area contributed by atoms with E-state index < -0.39 is 11.3 Å². The summed E-state index contributed by atoms with van der Waals surface area (Å²) in [5.74, 6) is 0.147. The summed E-state index contributed by atoms with van der Waals surface area (Å²) in [5.41, 5.74) is 4.48. The Balaban J connectivity index is 1.84. The van der Waals surface area contributed by atoms with E-state index in [0.717, 1.165) is 12.8 Å². The van der Waals surface area contributed by atoms with Gasteiger partial charge in [0.1, 0.15) is 5.41 Å². The Kier molecular flexibility index (Phi) is 4.68. The zero-order valence-corrected chi connectivity index (χ0v) is 12.6. The highest BCUT2D eigenvalue weighted by atomic mass is 16.5. The Hall–Kier alpha value is -1.10. The zero-order chi connectivity index (χ0) is 14.8. The molecule has 0 aromatic rings. The fourth-order valence-corrected chi connectivity index (χ4v) is 2.83.